The van der Waals surface area contributed by atoms with E-state index in [2.05, 4.69) is 55.3 Å². The molecule has 1 atom stereocenters. The fourth-order valence-corrected chi connectivity index (χ4v) is 2.19. The maximum absolute atomic E-state index is 5.89. The van der Waals surface area contributed by atoms with Gasteiger partial charge in [0.05, 0.1) is 0 Å². The van der Waals surface area contributed by atoms with E-state index in [1.54, 1.807) is 0 Å². The Morgan fingerprint density at radius 2 is 1.86 bits per heavy atom. The topological polar surface area (TPSA) is 51.0 Å². The summed E-state index contributed by atoms with van der Waals surface area (Å²) in [6, 6.07) is 10.2. The highest BCUT2D eigenvalue weighted by atomic mass is 16.4. The second-order valence-electron chi connectivity index (χ2n) is 6.57. The van der Waals surface area contributed by atoms with Crippen LogP contribution in [0.5, 0.6) is 0 Å². The number of aromatic nitrogens is 2. The molecule has 0 radical (unpaired) electrons. The van der Waals surface area contributed by atoms with Crippen molar-refractivity contribution in [1.82, 2.24) is 15.5 Å². The van der Waals surface area contributed by atoms with Gasteiger partial charge in [0.2, 0.25) is 11.8 Å². The molecule has 1 aromatic carbocycles. The van der Waals surface area contributed by atoms with Crippen LogP contribution in [0.15, 0.2) is 34.7 Å². The highest BCUT2D eigenvalue weighted by Crippen LogP contribution is 2.24. The summed E-state index contributed by atoms with van der Waals surface area (Å²) >= 11 is 0. The Labute approximate surface area is 127 Å². The highest BCUT2D eigenvalue weighted by molar-refractivity contribution is 5.23. The van der Waals surface area contributed by atoms with Gasteiger partial charge < -0.3 is 9.73 Å². The van der Waals surface area contributed by atoms with Crippen LogP contribution in [-0.2, 0) is 6.42 Å². The molecule has 0 aliphatic rings. The molecule has 21 heavy (non-hydrogen) atoms. The van der Waals surface area contributed by atoms with Gasteiger partial charge in [0.15, 0.2) is 0 Å². The van der Waals surface area contributed by atoms with Gasteiger partial charge in [-0.05, 0) is 23.9 Å². The summed E-state index contributed by atoms with van der Waals surface area (Å²) < 4.78 is 5.89. The van der Waals surface area contributed by atoms with Crippen LogP contribution >= 0.6 is 0 Å². The maximum atomic E-state index is 5.89. The number of hydrogen-bond acceptors (Lipinski definition) is 4. The average Bonchev–Trinajstić information content (AvgIpc) is 2.86. The zero-order valence-corrected chi connectivity index (χ0v) is 13.4. The van der Waals surface area contributed by atoms with E-state index >= 15 is 0 Å². The van der Waals surface area contributed by atoms with Crippen LogP contribution in [0.3, 0.4) is 0 Å². The van der Waals surface area contributed by atoms with Gasteiger partial charge in [-0.15, -0.1) is 10.2 Å². The van der Waals surface area contributed by atoms with Crippen LogP contribution in [0, 0.1) is 5.41 Å². The summed E-state index contributed by atoms with van der Waals surface area (Å²) in [6.07, 6.45) is 1.85. The molecule has 1 aromatic heterocycles. The number of nitrogens with zero attached hydrogens (tertiary/aromatic N) is 2. The maximum Gasteiger partial charge on any atom is 0.237 e. The van der Waals surface area contributed by atoms with Crippen molar-refractivity contribution < 1.29 is 4.42 Å². The molecule has 114 valence electrons. The van der Waals surface area contributed by atoms with E-state index in [-0.39, 0.29) is 11.5 Å². The van der Waals surface area contributed by atoms with Crippen molar-refractivity contribution in [3.05, 3.63) is 47.7 Å². The molecule has 2 aromatic rings. The van der Waals surface area contributed by atoms with Gasteiger partial charge in [-0.3, -0.25) is 0 Å². The van der Waals surface area contributed by atoms with Gasteiger partial charge in [-0.2, -0.15) is 0 Å². The number of nitrogens with one attached hydrogen (secondary N) is 1. The van der Waals surface area contributed by atoms with Crippen molar-refractivity contribution in [1.29, 1.82) is 0 Å². The zero-order chi connectivity index (χ0) is 15.3. The quantitative estimate of drug-likeness (QED) is 0.879. The molecular weight excluding hydrogens is 262 g/mol. The minimum Gasteiger partial charge on any atom is -0.423 e. The zero-order valence-electron chi connectivity index (χ0n) is 13.4. The van der Waals surface area contributed by atoms with Gasteiger partial charge in [-0.1, -0.05) is 58.0 Å². The lowest BCUT2D eigenvalue weighted by Crippen LogP contribution is -2.23. The minimum absolute atomic E-state index is 0.0348. The summed E-state index contributed by atoms with van der Waals surface area (Å²) in [4.78, 5) is 0. The SMILES string of the molecule is CCCNC(c1ccccc1)c1nnc(CC(C)(C)C)o1. The Balaban J connectivity index is 2.21. The molecule has 0 fully saturated rings. The van der Waals surface area contributed by atoms with Gasteiger partial charge in [-0.25, -0.2) is 0 Å². The molecule has 0 spiro atoms. The third-order valence-corrected chi connectivity index (χ3v) is 3.14. The molecule has 2 rings (SSSR count). The molecule has 1 heterocycles. The predicted octanol–water partition coefficient (Wildman–Crippen LogP) is 3.75. The summed E-state index contributed by atoms with van der Waals surface area (Å²) in [5.41, 5.74) is 1.29. The molecule has 4 nitrogen and oxygen atoms in total. The van der Waals surface area contributed by atoms with E-state index in [4.69, 9.17) is 4.42 Å². The third kappa shape index (κ3) is 4.67. The minimum atomic E-state index is -0.0348. The van der Waals surface area contributed by atoms with Crippen LogP contribution in [0.25, 0.3) is 0 Å². The fraction of sp³-hybridized carbons (Fsp3) is 0.529. The third-order valence-electron chi connectivity index (χ3n) is 3.14. The van der Waals surface area contributed by atoms with Crippen LogP contribution < -0.4 is 5.32 Å². The van der Waals surface area contributed by atoms with Crippen molar-refractivity contribution in [3.63, 3.8) is 0 Å². The van der Waals surface area contributed by atoms with E-state index < -0.39 is 0 Å². The van der Waals surface area contributed by atoms with E-state index in [0.717, 1.165) is 24.9 Å². The van der Waals surface area contributed by atoms with Crippen molar-refractivity contribution in [2.75, 3.05) is 6.54 Å². The predicted molar refractivity (Wildman–Crippen MR) is 84.0 cm³/mol. The first-order valence-corrected chi connectivity index (χ1v) is 7.60. The summed E-state index contributed by atoms with van der Waals surface area (Å²) in [7, 11) is 0. The smallest absolute Gasteiger partial charge is 0.237 e. The largest absolute Gasteiger partial charge is 0.423 e. The van der Waals surface area contributed by atoms with Gasteiger partial charge in [0, 0.05) is 6.42 Å². The van der Waals surface area contributed by atoms with E-state index in [1.807, 2.05) is 18.2 Å². The van der Waals surface area contributed by atoms with E-state index in [0.29, 0.717) is 11.8 Å². The van der Waals surface area contributed by atoms with Crippen molar-refractivity contribution in [2.45, 2.75) is 46.6 Å². The first-order chi connectivity index (χ1) is 9.99. The fourth-order valence-electron chi connectivity index (χ4n) is 2.19. The lowest BCUT2D eigenvalue weighted by atomic mass is 9.92. The first kappa shape index (κ1) is 15.7. The lowest BCUT2D eigenvalue weighted by molar-refractivity contribution is 0.335. The standard InChI is InChI=1S/C17H25N3O/c1-5-11-18-15(13-9-7-6-8-10-13)16-20-19-14(21-16)12-17(2,3)4/h6-10,15,18H,5,11-12H2,1-4H3. The Bertz CT molecular complexity index is 543. The first-order valence-electron chi connectivity index (χ1n) is 7.60. The number of hydrogen-bond donors (Lipinski definition) is 1. The van der Waals surface area contributed by atoms with Crippen molar-refractivity contribution in [3.8, 4) is 0 Å². The molecule has 0 amide bonds. The second kappa shape index (κ2) is 6.85. The van der Waals surface area contributed by atoms with Crippen molar-refractivity contribution >= 4 is 0 Å². The molecule has 0 saturated heterocycles. The molecule has 1 unspecified atom stereocenters. The van der Waals surface area contributed by atoms with Crippen LogP contribution in [0.4, 0.5) is 0 Å². The van der Waals surface area contributed by atoms with Gasteiger partial charge >= 0.3 is 0 Å². The average molecular weight is 287 g/mol. The van der Waals surface area contributed by atoms with Crippen LogP contribution in [-0.4, -0.2) is 16.7 Å². The van der Waals surface area contributed by atoms with E-state index in [9.17, 15) is 0 Å². The molecule has 0 saturated carbocycles. The van der Waals surface area contributed by atoms with E-state index in [1.165, 1.54) is 0 Å². The van der Waals surface area contributed by atoms with Crippen LogP contribution in [0.2, 0.25) is 0 Å². The summed E-state index contributed by atoms with van der Waals surface area (Å²) in [6.45, 7) is 9.56. The summed E-state index contributed by atoms with van der Waals surface area (Å²) in [5, 5.41) is 11.9. The molecular formula is C17H25N3O. The Morgan fingerprint density at radius 3 is 2.48 bits per heavy atom. The highest BCUT2D eigenvalue weighted by Gasteiger charge is 2.22. The molecule has 1 N–H and O–H groups in total. The van der Waals surface area contributed by atoms with Crippen molar-refractivity contribution in [2.24, 2.45) is 5.41 Å². The second-order valence-corrected chi connectivity index (χ2v) is 6.57. The summed E-state index contributed by atoms with van der Waals surface area (Å²) in [5.74, 6) is 1.35. The number of benzene rings is 1. The Kier molecular flexibility index (Phi) is 5.12. The lowest BCUT2D eigenvalue weighted by Gasteiger charge is -2.16. The molecule has 0 aliphatic carbocycles. The normalized spacial score (nSPS) is 13.3. The molecule has 0 aliphatic heterocycles. The Hall–Kier alpha value is -1.68. The van der Waals surface area contributed by atoms with Gasteiger partial charge in [0.25, 0.3) is 0 Å². The monoisotopic (exact) mass is 287 g/mol. The molecule has 0 bridgehead atoms. The number of rotatable bonds is 6. The van der Waals surface area contributed by atoms with Crippen LogP contribution in [0.1, 0.15) is 57.5 Å². The van der Waals surface area contributed by atoms with Gasteiger partial charge in [0.1, 0.15) is 6.04 Å². The molecule has 4 heteroatoms. The Morgan fingerprint density at radius 1 is 1.14 bits per heavy atom.